The molecule has 40 heavy (non-hydrogen) atoms. The molecule has 0 radical (unpaired) electrons. The minimum Gasteiger partial charge on any atom is -0.465 e. The van der Waals surface area contributed by atoms with E-state index in [9.17, 15) is 19.5 Å². The highest BCUT2D eigenvalue weighted by Gasteiger charge is 2.77. The lowest BCUT2D eigenvalue weighted by atomic mass is 9.66. The van der Waals surface area contributed by atoms with E-state index in [0.29, 0.717) is 24.8 Å². The van der Waals surface area contributed by atoms with Gasteiger partial charge in [0.2, 0.25) is 11.8 Å². The molecule has 1 N–H and O–H groups in total. The molecule has 2 amide bonds. The van der Waals surface area contributed by atoms with Crippen molar-refractivity contribution in [2.24, 2.45) is 17.8 Å². The Morgan fingerprint density at radius 3 is 2.80 bits per heavy atom. The maximum absolute atomic E-state index is 14.6. The lowest BCUT2D eigenvalue weighted by molar-refractivity contribution is -0.155. The van der Waals surface area contributed by atoms with Crippen LogP contribution in [-0.4, -0.2) is 89.5 Å². The number of ether oxygens (including phenoxy) is 1. The highest BCUT2D eigenvalue weighted by Crippen LogP contribution is 2.69. The van der Waals surface area contributed by atoms with Crippen molar-refractivity contribution in [3.05, 3.63) is 49.6 Å². The molecule has 0 aliphatic carbocycles. The van der Waals surface area contributed by atoms with Gasteiger partial charge in [-0.15, -0.1) is 30.0 Å². The van der Waals surface area contributed by atoms with Crippen molar-refractivity contribution in [1.82, 2.24) is 24.8 Å². The topological polar surface area (TPSA) is 118 Å². The Hall–Kier alpha value is -3.18. The molecule has 214 valence electrons. The average molecular weight is 568 g/mol. The van der Waals surface area contributed by atoms with Crippen LogP contribution >= 0.6 is 11.8 Å². The number of thioether (sulfide) groups is 1. The Morgan fingerprint density at radius 2 is 2.10 bits per heavy atom. The van der Waals surface area contributed by atoms with Gasteiger partial charge in [-0.25, -0.2) is 4.68 Å². The first kappa shape index (κ1) is 28.4. The quantitative estimate of drug-likeness (QED) is 0.236. The van der Waals surface area contributed by atoms with Gasteiger partial charge >= 0.3 is 5.97 Å². The summed E-state index contributed by atoms with van der Waals surface area (Å²) >= 11 is 1.59. The van der Waals surface area contributed by atoms with E-state index >= 15 is 0 Å². The Kier molecular flexibility index (Phi) is 8.05. The number of hydrogen-bond donors (Lipinski definition) is 1. The SMILES string of the molecule is C=CCCOC(=O)[C@@H]1[C@H]2C(=O)N([C@@H](CC)CO)C(C(=O)N(CC=C)Cn3nnc4ccccc43)C23S[C@@H]1CC3C. The average Bonchev–Trinajstić information content (AvgIpc) is 3.67. The molecule has 2 bridgehead atoms. The Bertz CT molecular complexity index is 1310. The summed E-state index contributed by atoms with van der Waals surface area (Å²) in [5.74, 6) is -2.23. The summed E-state index contributed by atoms with van der Waals surface area (Å²) in [4.78, 5) is 45.5. The molecule has 3 unspecified atom stereocenters. The van der Waals surface area contributed by atoms with Crippen molar-refractivity contribution in [3.8, 4) is 0 Å². The van der Waals surface area contributed by atoms with Crippen LogP contribution in [0.2, 0.25) is 0 Å². The molecule has 3 fully saturated rings. The molecule has 3 saturated heterocycles. The summed E-state index contributed by atoms with van der Waals surface area (Å²) in [5, 5.41) is 18.7. The van der Waals surface area contributed by atoms with Gasteiger partial charge in [0.05, 0.1) is 41.4 Å². The van der Waals surface area contributed by atoms with Crippen LogP contribution in [0.5, 0.6) is 0 Å². The first-order chi connectivity index (χ1) is 19.3. The van der Waals surface area contributed by atoms with Gasteiger partial charge in [-0.05, 0) is 37.3 Å². The van der Waals surface area contributed by atoms with Crippen LogP contribution in [-0.2, 0) is 25.8 Å². The fourth-order valence-electron chi connectivity index (χ4n) is 6.88. The predicted octanol–water partition coefficient (Wildman–Crippen LogP) is 2.63. The molecule has 1 aromatic heterocycles. The van der Waals surface area contributed by atoms with Gasteiger partial charge in [0.1, 0.15) is 18.2 Å². The molecule has 0 saturated carbocycles. The molecule has 1 spiro atoms. The van der Waals surface area contributed by atoms with Crippen LogP contribution in [0.25, 0.3) is 11.0 Å². The van der Waals surface area contributed by atoms with Gasteiger partial charge in [0.15, 0.2) is 0 Å². The van der Waals surface area contributed by atoms with Gasteiger partial charge in [0.25, 0.3) is 0 Å². The standard InChI is InChI=1S/C29H37N5O5S/c1-5-8-14-39-28(38)23-22-15-18(4)29(40-22)24(23)26(36)34(19(7-3)16-35)25(29)27(37)32(13-6-2)17-33-21-12-10-9-11-20(21)30-31-33/h5-6,9-12,18-19,22-25,35H,1-2,7-8,13-17H2,3-4H3/t18?,19-,22+,23-,24-,25?,29?/m0/s1. The third kappa shape index (κ3) is 4.34. The first-order valence-electron chi connectivity index (χ1n) is 13.9. The highest BCUT2D eigenvalue weighted by atomic mass is 32.2. The molecule has 4 heterocycles. The predicted molar refractivity (Wildman–Crippen MR) is 152 cm³/mol. The second-order valence-electron chi connectivity index (χ2n) is 10.9. The van der Waals surface area contributed by atoms with Gasteiger partial charge in [-0.3, -0.25) is 14.4 Å². The highest BCUT2D eigenvalue weighted by molar-refractivity contribution is 8.02. The van der Waals surface area contributed by atoms with E-state index in [1.165, 1.54) is 0 Å². The molecular formula is C29H37N5O5S. The largest absolute Gasteiger partial charge is 0.465 e. The van der Waals surface area contributed by atoms with Crippen molar-refractivity contribution in [2.45, 2.75) is 61.9 Å². The van der Waals surface area contributed by atoms with Crippen molar-refractivity contribution < 1.29 is 24.2 Å². The molecule has 7 atom stereocenters. The fraction of sp³-hybridized carbons (Fsp3) is 0.552. The maximum Gasteiger partial charge on any atom is 0.310 e. The Morgan fingerprint density at radius 1 is 1.32 bits per heavy atom. The van der Waals surface area contributed by atoms with E-state index in [4.69, 9.17) is 4.74 Å². The number of amides is 2. The molecule has 2 aromatic rings. The van der Waals surface area contributed by atoms with Gasteiger partial charge in [-0.2, -0.15) is 0 Å². The third-order valence-electron chi connectivity index (χ3n) is 8.72. The fourth-order valence-corrected chi connectivity index (χ4v) is 9.27. The van der Waals surface area contributed by atoms with E-state index in [2.05, 4.69) is 30.4 Å². The number of benzene rings is 1. The molecule has 1 aromatic carbocycles. The van der Waals surface area contributed by atoms with Gasteiger partial charge in [0, 0.05) is 11.8 Å². The summed E-state index contributed by atoms with van der Waals surface area (Å²) in [7, 11) is 0. The van der Waals surface area contributed by atoms with Crippen LogP contribution in [0.15, 0.2) is 49.6 Å². The minimum atomic E-state index is -0.854. The minimum absolute atomic E-state index is 0.00149. The number of hydrogen-bond acceptors (Lipinski definition) is 8. The number of carbonyl (C=O) groups excluding carboxylic acids is 3. The number of esters is 1. The monoisotopic (exact) mass is 567 g/mol. The number of aliphatic hydroxyl groups excluding tert-OH is 1. The number of rotatable bonds is 12. The van der Waals surface area contributed by atoms with Crippen molar-refractivity contribution in [1.29, 1.82) is 0 Å². The van der Waals surface area contributed by atoms with Crippen LogP contribution in [0, 0.1) is 17.8 Å². The second kappa shape index (κ2) is 11.4. The van der Waals surface area contributed by atoms with E-state index in [0.717, 1.165) is 5.52 Å². The molecular weight excluding hydrogens is 530 g/mol. The van der Waals surface area contributed by atoms with Crippen LogP contribution in [0.3, 0.4) is 0 Å². The summed E-state index contributed by atoms with van der Waals surface area (Å²) in [6.45, 7) is 11.8. The number of para-hydroxylation sites is 1. The van der Waals surface area contributed by atoms with E-state index in [1.54, 1.807) is 38.4 Å². The van der Waals surface area contributed by atoms with Crippen LogP contribution in [0.1, 0.15) is 33.1 Å². The zero-order chi connectivity index (χ0) is 28.6. The number of likely N-dealkylation sites (tertiary alicyclic amines) is 1. The maximum atomic E-state index is 14.6. The molecule has 3 aliphatic rings. The zero-order valence-electron chi connectivity index (χ0n) is 23.0. The summed E-state index contributed by atoms with van der Waals surface area (Å²) in [6.07, 6.45) is 5.04. The number of aromatic nitrogens is 3. The third-order valence-corrected chi connectivity index (χ3v) is 10.8. The van der Waals surface area contributed by atoms with Crippen molar-refractivity contribution in [3.63, 3.8) is 0 Å². The smallest absolute Gasteiger partial charge is 0.310 e. The second-order valence-corrected chi connectivity index (χ2v) is 12.4. The lowest BCUT2D eigenvalue weighted by Gasteiger charge is -2.41. The Balaban J connectivity index is 1.55. The number of fused-ring (bicyclic) bond motifs is 2. The van der Waals surface area contributed by atoms with Crippen LogP contribution < -0.4 is 0 Å². The van der Waals surface area contributed by atoms with E-state index in [-0.39, 0.29) is 49.4 Å². The molecule has 11 heteroatoms. The number of carbonyl (C=O) groups is 3. The summed E-state index contributed by atoms with van der Waals surface area (Å²) < 4.78 is 6.43. The van der Waals surface area contributed by atoms with E-state index < -0.39 is 34.6 Å². The number of nitrogens with zero attached hydrogens (tertiary/aromatic N) is 5. The van der Waals surface area contributed by atoms with Crippen LogP contribution in [0.4, 0.5) is 0 Å². The first-order valence-corrected chi connectivity index (χ1v) is 14.8. The summed E-state index contributed by atoms with van der Waals surface area (Å²) in [5.41, 5.74) is 1.50. The summed E-state index contributed by atoms with van der Waals surface area (Å²) in [6, 6.07) is 6.11. The molecule has 5 rings (SSSR count). The van der Waals surface area contributed by atoms with Gasteiger partial charge in [-0.1, -0.05) is 43.3 Å². The normalized spacial score (nSPS) is 29.4. The number of aliphatic hydroxyl groups is 1. The zero-order valence-corrected chi connectivity index (χ0v) is 23.8. The van der Waals surface area contributed by atoms with Crippen molar-refractivity contribution in [2.75, 3.05) is 19.8 Å². The van der Waals surface area contributed by atoms with Crippen molar-refractivity contribution >= 4 is 40.6 Å². The molecule has 3 aliphatic heterocycles. The van der Waals surface area contributed by atoms with Gasteiger partial charge < -0.3 is 19.6 Å². The van der Waals surface area contributed by atoms with E-state index in [1.807, 2.05) is 31.2 Å². The molecule has 10 nitrogen and oxygen atoms in total. The lowest BCUT2D eigenvalue weighted by Crippen LogP contribution is -2.59. The Labute approximate surface area is 238 Å².